The van der Waals surface area contributed by atoms with Gasteiger partial charge in [-0.05, 0) is 168 Å². The molecule has 0 unspecified atom stereocenters. The fraction of sp³-hybridized carbons (Fsp3) is 0.143. The van der Waals surface area contributed by atoms with Crippen LogP contribution < -0.4 is 4.90 Å². The number of hydrogen-bond donors (Lipinski definition) is 0. The third-order valence-corrected chi connectivity index (χ3v) is 13.1. The fourth-order valence-corrected chi connectivity index (χ4v) is 10.4. The van der Waals surface area contributed by atoms with E-state index in [1.807, 2.05) is 18.2 Å². The van der Waals surface area contributed by atoms with Crippen LogP contribution in [0.2, 0.25) is 0 Å². The summed E-state index contributed by atoms with van der Waals surface area (Å²) in [5.74, 6) is 0. The lowest BCUT2D eigenvalue weighted by Gasteiger charge is -2.32. The zero-order chi connectivity index (χ0) is 38.9. The molecule has 8 aromatic carbocycles. The van der Waals surface area contributed by atoms with Crippen LogP contribution in [0.25, 0.3) is 77.3 Å². The second kappa shape index (κ2) is 13.9. The Morgan fingerprint density at radius 2 is 0.712 bits per heavy atom. The average molecular weight is 762 g/mol. The van der Waals surface area contributed by atoms with Gasteiger partial charge >= 0.3 is 0 Å². The summed E-state index contributed by atoms with van der Waals surface area (Å²) in [5.41, 5.74) is 21.3. The first-order valence-electron chi connectivity index (χ1n) is 21.3. The number of nitrogens with zero attached hydrogens (tertiary/aromatic N) is 1. The molecular weight excluding hydrogens is 719 g/mol. The van der Waals surface area contributed by atoms with Gasteiger partial charge in [0, 0.05) is 44.7 Å². The topological polar surface area (TPSA) is 29.5 Å². The van der Waals surface area contributed by atoms with E-state index >= 15 is 0 Å². The molecule has 0 radical (unpaired) electrons. The van der Waals surface area contributed by atoms with E-state index in [2.05, 4.69) is 150 Å². The predicted molar refractivity (Wildman–Crippen MR) is 245 cm³/mol. The third-order valence-electron chi connectivity index (χ3n) is 13.1. The molecule has 0 saturated carbocycles. The minimum Gasteiger partial charge on any atom is -0.456 e. The highest BCUT2D eigenvalue weighted by atomic mass is 16.3. The van der Waals surface area contributed by atoms with Crippen molar-refractivity contribution in [3.05, 3.63) is 186 Å². The van der Waals surface area contributed by atoms with E-state index in [-0.39, 0.29) is 0 Å². The van der Waals surface area contributed by atoms with Crippen LogP contribution in [0.4, 0.5) is 17.1 Å². The quantitative estimate of drug-likeness (QED) is 0.169. The van der Waals surface area contributed by atoms with Crippen molar-refractivity contribution in [2.75, 3.05) is 4.90 Å². The van der Waals surface area contributed by atoms with Crippen molar-refractivity contribution in [3.63, 3.8) is 0 Å². The van der Waals surface area contributed by atoms with Crippen molar-refractivity contribution in [1.82, 2.24) is 0 Å². The Morgan fingerprint density at radius 3 is 1.27 bits per heavy atom. The Kier molecular flexibility index (Phi) is 8.07. The van der Waals surface area contributed by atoms with Crippen LogP contribution in [0, 0.1) is 0 Å². The van der Waals surface area contributed by atoms with Gasteiger partial charge < -0.3 is 13.7 Å². The van der Waals surface area contributed by atoms with Crippen molar-refractivity contribution in [3.8, 4) is 33.4 Å². The SMILES string of the molecule is c1ccc(-c2c3c(c(-c4ccc(N(c5ccc(-c6ccc7c(c6)oc6ccccc67)cc5)c5ccc6c(c5)oc5ccccc56)cc4)c4c2CCCC4)CCCC3)cc1. The minimum absolute atomic E-state index is 0.887. The van der Waals surface area contributed by atoms with Gasteiger partial charge in [0.2, 0.25) is 0 Å². The van der Waals surface area contributed by atoms with Crippen LogP contribution in [0.5, 0.6) is 0 Å². The first kappa shape index (κ1) is 34.2. The predicted octanol–water partition coefficient (Wildman–Crippen LogP) is 15.7. The maximum Gasteiger partial charge on any atom is 0.137 e. The molecule has 59 heavy (non-hydrogen) atoms. The molecule has 12 rings (SSSR count). The molecule has 0 atom stereocenters. The first-order chi connectivity index (χ1) is 29.2. The summed E-state index contributed by atoms with van der Waals surface area (Å²) < 4.78 is 12.7. The maximum atomic E-state index is 6.44. The number of anilines is 3. The van der Waals surface area contributed by atoms with E-state index in [1.165, 1.54) is 42.4 Å². The summed E-state index contributed by atoms with van der Waals surface area (Å²) in [7, 11) is 0. The Balaban J connectivity index is 0.972. The van der Waals surface area contributed by atoms with Crippen LogP contribution in [0.15, 0.2) is 173 Å². The summed E-state index contributed by atoms with van der Waals surface area (Å²) in [4.78, 5) is 2.37. The maximum absolute atomic E-state index is 6.44. The van der Waals surface area contributed by atoms with Crippen molar-refractivity contribution in [1.29, 1.82) is 0 Å². The fourth-order valence-electron chi connectivity index (χ4n) is 10.4. The van der Waals surface area contributed by atoms with Crippen molar-refractivity contribution >= 4 is 60.9 Å². The average Bonchev–Trinajstić information content (AvgIpc) is 3.87. The highest BCUT2D eigenvalue weighted by Crippen LogP contribution is 2.47. The number of furan rings is 2. The smallest absolute Gasteiger partial charge is 0.137 e. The lowest BCUT2D eigenvalue weighted by Crippen LogP contribution is -2.15. The first-order valence-corrected chi connectivity index (χ1v) is 21.3. The van der Waals surface area contributed by atoms with Crippen LogP contribution >= 0.6 is 0 Å². The van der Waals surface area contributed by atoms with Gasteiger partial charge in [-0.1, -0.05) is 97.1 Å². The number of para-hydroxylation sites is 2. The molecule has 2 aliphatic rings. The molecule has 284 valence electrons. The molecule has 0 fully saturated rings. The summed E-state index contributed by atoms with van der Waals surface area (Å²) in [6.45, 7) is 0. The van der Waals surface area contributed by atoms with E-state index in [0.717, 1.165) is 97.7 Å². The zero-order valence-electron chi connectivity index (χ0n) is 33.0. The lowest BCUT2D eigenvalue weighted by molar-refractivity contribution is 0.662. The van der Waals surface area contributed by atoms with Crippen LogP contribution in [-0.4, -0.2) is 0 Å². The molecule has 0 N–H and O–H groups in total. The van der Waals surface area contributed by atoms with Crippen molar-refractivity contribution in [2.45, 2.75) is 51.4 Å². The second-order valence-corrected chi connectivity index (χ2v) is 16.5. The van der Waals surface area contributed by atoms with Gasteiger partial charge in [-0.15, -0.1) is 0 Å². The molecule has 0 bridgehead atoms. The Morgan fingerprint density at radius 1 is 0.305 bits per heavy atom. The van der Waals surface area contributed by atoms with Crippen molar-refractivity contribution in [2.24, 2.45) is 0 Å². The van der Waals surface area contributed by atoms with Gasteiger partial charge in [0.05, 0.1) is 0 Å². The Bertz CT molecular complexity index is 3170. The molecule has 0 spiro atoms. The van der Waals surface area contributed by atoms with E-state index < -0.39 is 0 Å². The van der Waals surface area contributed by atoms with Crippen molar-refractivity contribution < 1.29 is 8.83 Å². The molecule has 2 aromatic heterocycles. The molecule has 0 saturated heterocycles. The van der Waals surface area contributed by atoms with Gasteiger partial charge in [-0.3, -0.25) is 0 Å². The molecular formula is C56H43NO2. The second-order valence-electron chi connectivity index (χ2n) is 16.5. The largest absolute Gasteiger partial charge is 0.456 e. The van der Waals surface area contributed by atoms with Gasteiger partial charge in [0.15, 0.2) is 0 Å². The lowest BCUT2D eigenvalue weighted by atomic mass is 9.73. The summed E-state index contributed by atoms with van der Waals surface area (Å²) in [6.07, 6.45) is 9.67. The monoisotopic (exact) mass is 761 g/mol. The number of benzene rings is 8. The zero-order valence-corrected chi connectivity index (χ0v) is 33.0. The standard InChI is InChI=1S/C56H43NO2/c1-2-12-37(13-3-1)55-47-16-4-6-18-49(47)56(50-19-7-5-17-48(50)55)38-24-29-41(30-25-38)57(42-31-33-46-44-15-9-11-21-52(44)59-54(46)35-42)40-27-22-36(23-28-40)39-26-32-45-43-14-8-10-20-51(43)58-53(45)34-39/h1-3,8-15,20-35H,4-7,16-19H2. The Labute approximate surface area is 344 Å². The molecule has 0 amide bonds. The molecule has 3 nitrogen and oxygen atoms in total. The minimum atomic E-state index is 0.887. The molecule has 0 aliphatic heterocycles. The third kappa shape index (κ3) is 5.71. The van der Waals surface area contributed by atoms with E-state index in [1.54, 1.807) is 27.8 Å². The van der Waals surface area contributed by atoms with Crippen LogP contribution in [0.1, 0.15) is 47.9 Å². The summed E-state index contributed by atoms with van der Waals surface area (Å²) in [5, 5.41) is 4.56. The molecule has 2 heterocycles. The highest BCUT2D eigenvalue weighted by Gasteiger charge is 2.28. The number of fused-ring (bicyclic) bond motifs is 8. The summed E-state index contributed by atoms with van der Waals surface area (Å²) in [6, 6.07) is 59.4. The van der Waals surface area contributed by atoms with Crippen LogP contribution in [-0.2, 0) is 25.7 Å². The Hall–Kier alpha value is -6.84. The molecule has 2 aliphatic carbocycles. The van der Waals surface area contributed by atoms with Gasteiger partial charge in [-0.25, -0.2) is 0 Å². The van der Waals surface area contributed by atoms with E-state index in [9.17, 15) is 0 Å². The van der Waals surface area contributed by atoms with Crippen LogP contribution in [0.3, 0.4) is 0 Å². The normalized spacial score (nSPS) is 13.9. The molecule has 3 heteroatoms. The number of hydrogen-bond acceptors (Lipinski definition) is 3. The van der Waals surface area contributed by atoms with Gasteiger partial charge in [-0.2, -0.15) is 0 Å². The number of rotatable bonds is 6. The van der Waals surface area contributed by atoms with E-state index in [4.69, 9.17) is 8.83 Å². The van der Waals surface area contributed by atoms with E-state index in [0.29, 0.717) is 0 Å². The molecule has 10 aromatic rings. The highest BCUT2D eigenvalue weighted by molar-refractivity contribution is 6.07. The van der Waals surface area contributed by atoms with Gasteiger partial charge in [0.1, 0.15) is 22.3 Å². The van der Waals surface area contributed by atoms with Gasteiger partial charge in [0.25, 0.3) is 0 Å². The summed E-state index contributed by atoms with van der Waals surface area (Å²) >= 11 is 0.